The molecule has 1 unspecified atom stereocenters. The first-order valence-corrected chi connectivity index (χ1v) is 25.3. The Balaban J connectivity index is 2.41. The largest absolute Gasteiger partial charge is 0.466 e. The second kappa shape index (κ2) is 34.9. The number of aliphatic hydroxyl groups is 1. The monoisotopic (exact) mass is 836 g/mol. The number of hydrogen-bond donors (Lipinski definition) is 1. The fraction of sp³-hybridized carbons (Fsp3) is 0.941. The van der Waals surface area contributed by atoms with Crippen molar-refractivity contribution in [3.63, 3.8) is 0 Å². The maximum atomic E-state index is 13.2. The molecule has 0 aromatic carbocycles. The van der Waals surface area contributed by atoms with Crippen LogP contribution in [0.4, 0.5) is 0 Å². The molecule has 0 radical (unpaired) electrons. The molecule has 1 heterocycles. The van der Waals surface area contributed by atoms with E-state index in [0.717, 1.165) is 90.0 Å². The molecule has 0 aromatic heterocycles. The van der Waals surface area contributed by atoms with Crippen LogP contribution in [0.5, 0.6) is 0 Å². The summed E-state index contributed by atoms with van der Waals surface area (Å²) in [5.41, 5.74) is -0.168. The van der Waals surface area contributed by atoms with Gasteiger partial charge in [0.25, 0.3) is 0 Å². The molecular weight excluding hydrogens is 739 g/mol. The molecule has 0 spiro atoms. The van der Waals surface area contributed by atoms with Crippen molar-refractivity contribution >= 4 is 17.9 Å². The van der Waals surface area contributed by atoms with Crippen molar-refractivity contribution in [2.45, 2.75) is 272 Å². The zero-order valence-electron chi connectivity index (χ0n) is 40.0. The van der Waals surface area contributed by atoms with Crippen molar-refractivity contribution in [2.75, 3.05) is 26.3 Å². The average molecular weight is 836 g/mol. The zero-order chi connectivity index (χ0) is 43.6. The molecule has 8 nitrogen and oxygen atoms in total. The Morgan fingerprint density at radius 3 is 1.63 bits per heavy atom. The number of unbranched alkanes of at least 4 members (excludes halogenated alkanes) is 22. The van der Waals surface area contributed by atoms with Crippen molar-refractivity contribution in [3.8, 4) is 0 Å². The minimum absolute atomic E-state index is 0.0412. The molecule has 348 valence electrons. The zero-order valence-corrected chi connectivity index (χ0v) is 40.0. The fourth-order valence-electron chi connectivity index (χ4n) is 9.27. The van der Waals surface area contributed by atoms with E-state index in [9.17, 15) is 19.5 Å². The summed E-state index contributed by atoms with van der Waals surface area (Å²) in [5, 5.41) is 9.92. The Morgan fingerprint density at radius 2 is 1.10 bits per heavy atom. The number of hydrogen-bond acceptors (Lipinski definition) is 8. The van der Waals surface area contributed by atoms with E-state index in [1.807, 2.05) is 0 Å². The molecule has 1 saturated heterocycles. The van der Waals surface area contributed by atoms with Crippen molar-refractivity contribution in [3.05, 3.63) is 0 Å². The molecule has 0 bridgehead atoms. The van der Waals surface area contributed by atoms with Gasteiger partial charge in [0.2, 0.25) is 6.10 Å². The predicted octanol–water partition coefficient (Wildman–Crippen LogP) is 13.6. The van der Waals surface area contributed by atoms with Crippen LogP contribution in [-0.2, 0) is 28.6 Å². The van der Waals surface area contributed by atoms with Crippen LogP contribution in [0.3, 0.4) is 0 Å². The lowest BCUT2D eigenvalue weighted by Crippen LogP contribution is -2.48. The molecule has 2 atom stereocenters. The molecule has 8 heteroatoms. The third kappa shape index (κ3) is 27.8. The Kier molecular flexibility index (Phi) is 32.7. The Morgan fingerprint density at radius 1 is 0.627 bits per heavy atom. The SMILES string of the molecule is CCCCCCCCCCCOC(=O)CCC(C)(C)CC(C)(C)N(CCO)CCCCCCCC1OC(=O)[C@@H](C(CCCCCCCC)CCCCCCCC)OC1=O. The summed E-state index contributed by atoms with van der Waals surface area (Å²) in [4.78, 5) is 41.3. The predicted molar refractivity (Wildman–Crippen MR) is 245 cm³/mol. The van der Waals surface area contributed by atoms with E-state index in [2.05, 4.69) is 53.4 Å². The van der Waals surface area contributed by atoms with Gasteiger partial charge in [-0.2, -0.15) is 0 Å². The van der Waals surface area contributed by atoms with Crippen LogP contribution in [0.1, 0.15) is 254 Å². The molecule has 1 N–H and O–H groups in total. The lowest BCUT2D eigenvalue weighted by atomic mass is 9.76. The highest BCUT2D eigenvalue weighted by Gasteiger charge is 2.42. The van der Waals surface area contributed by atoms with Crippen LogP contribution in [0, 0.1) is 11.3 Å². The second-order valence-corrected chi connectivity index (χ2v) is 19.6. The minimum atomic E-state index is -0.784. The van der Waals surface area contributed by atoms with Crippen molar-refractivity contribution in [1.82, 2.24) is 4.90 Å². The first-order valence-electron chi connectivity index (χ1n) is 25.3. The summed E-state index contributed by atoms with van der Waals surface area (Å²) >= 11 is 0. The van der Waals surface area contributed by atoms with Crippen molar-refractivity contribution in [2.24, 2.45) is 11.3 Å². The van der Waals surface area contributed by atoms with Crippen LogP contribution >= 0.6 is 0 Å². The summed E-state index contributed by atoms with van der Waals surface area (Å²) in [6.07, 6.45) is 33.6. The summed E-state index contributed by atoms with van der Waals surface area (Å²) in [6, 6.07) is 0. The number of esters is 3. The first-order chi connectivity index (χ1) is 28.4. The van der Waals surface area contributed by atoms with E-state index >= 15 is 0 Å². The molecular formula is C51H97NO7. The Labute approximate surface area is 364 Å². The number of rotatable bonds is 41. The van der Waals surface area contributed by atoms with E-state index in [-0.39, 0.29) is 41.4 Å². The van der Waals surface area contributed by atoms with Crippen molar-refractivity contribution in [1.29, 1.82) is 0 Å². The third-order valence-corrected chi connectivity index (χ3v) is 12.8. The van der Waals surface area contributed by atoms with Crippen LogP contribution in [0.2, 0.25) is 0 Å². The molecule has 59 heavy (non-hydrogen) atoms. The number of aliphatic hydroxyl groups excluding tert-OH is 1. The highest BCUT2D eigenvalue weighted by Crippen LogP contribution is 2.36. The van der Waals surface area contributed by atoms with Gasteiger partial charge >= 0.3 is 17.9 Å². The first kappa shape index (κ1) is 55.3. The van der Waals surface area contributed by atoms with Crippen LogP contribution in [-0.4, -0.2) is 72.0 Å². The van der Waals surface area contributed by atoms with Gasteiger partial charge in [-0.15, -0.1) is 0 Å². The number of carbonyl (C=O) groups is 3. The Hall–Kier alpha value is -1.67. The lowest BCUT2D eigenvalue weighted by molar-refractivity contribution is -0.200. The van der Waals surface area contributed by atoms with Crippen LogP contribution in [0.15, 0.2) is 0 Å². The smallest absolute Gasteiger partial charge is 0.348 e. The standard InChI is InChI=1S/C51H97NO7/c1-8-11-14-17-20-21-22-28-33-42-57-46(54)37-38-50(4,5)43-51(6,7)52(40-41-53)39-32-27-23-26-31-36-45-48(55)59-47(49(56)58-45)44(34-29-24-18-15-12-9-2)35-30-25-19-16-13-10-3/h44-45,47,53H,8-43H2,1-7H3/t45?,47-/m1/s1. The van der Waals surface area contributed by atoms with E-state index in [4.69, 9.17) is 14.2 Å². The minimum Gasteiger partial charge on any atom is -0.466 e. The van der Waals surface area contributed by atoms with E-state index < -0.39 is 12.2 Å². The molecule has 0 aliphatic carbocycles. The molecule has 0 aromatic rings. The number of ether oxygens (including phenoxy) is 3. The molecule has 1 fully saturated rings. The highest BCUT2D eigenvalue weighted by atomic mass is 16.6. The molecule has 1 aliphatic rings. The average Bonchev–Trinajstić information content (AvgIpc) is 3.19. The number of nitrogens with zero attached hydrogens (tertiary/aromatic N) is 1. The Bertz CT molecular complexity index is 1030. The van der Waals surface area contributed by atoms with Gasteiger partial charge < -0.3 is 19.3 Å². The molecule has 1 rings (SSSR count). The number of cyclic esters (lactones) is 2. The van der Waals surface area contributed by atoms with Gasteiger partial charge in [-0.1, -0.05) is 182 Å². The summed E-state index contributed by atoms with van der Waals surface area (Å²) < 4.78 is 17.2. The molecule has 1 aliphatic heterocycles. The van der Waals surface area contributed by atoms with E-state index in [1.165, 1.54) is 109 Å². The summed E-state index contributed by atoms with van der Waals surface area (Å²) in [6.45, 7) is 17.9. The second-order valence-electron chi connectivity index (χ2n) is 19.6. The van der Waals surface area contributed by atoms with Crippen LogP contribution < -0.4 is 0 Å². The van der Waals surface area contributed by atoms with Gasteiger partial charge in [0, 0.05) is 24.4 Å². The van der Waals surface area contributed by atoms with Gasteiger partial charge in [-0.05, 0) is 77.2 Å². The normalized spacial score (nSPS) is 16.2. The third-order valence-electron chi connectivity index (χ3n) is 12.8. The van der Waals surface area contributed by atoms with Gasteiger partial charge in [-0.25, -0.2) is 9.59 Å². The van der Waals surface area contributed by atoms with E-state index in [1.54, 1.807) is 0 Å². The fourth-order valence-corrected chi connectivity index (χ4v) is 9.27. The summed E-state index contributed by atoms with van der Waals surface area (Å²) in [5.74, 6) is -0.734. The number of carbonyl (C=O) groups excluding carboxylic acids is 3. The topological polar surface area (TPSA) is 102 Å². The van der Waals surface area contributed by atoms with Crippen molar-refractivity contribution < 1.29 is 33.7 Å². The number of β-amino-alcohol motifs (C(OH)–C–C–N with tert-alkyl or cyclic N) is 1. The molecule has 0 saturated carbocycles. The van der Waals surface area contributed by atoms with Gasteiger partial charge in [0.05, 0.1) is 13.2 Å². The van der Waals surface area contributed by atoms with Crippen LogP contribution in [0.25, 0.3) is 0 Å². The van der Waals surface area contributed by atoms with Gasteiger partial charge in [-0.3, -0.25) is 9.69 Å². The van der Waals surface area contributed by atoms with Gasteiger partial charge in [0.1, 0.15) is 0 Å². The maximum absolute atomic E-state index is 13.2. The molecule has 0 amide bonds. The highest BCUT2D eigenvalue weighted by molar-refractivity contribution is 5.87. The quantitative estimate of drug-likeness (QED) is 0.0369. The van der Waals surface area contributed by atoms with E-state index in [0.29, 0.717) is 26.0 Å². The maximum Gasteiger partial charge on any atom is 0.348 e. The summed E-state index contributed by atoms with van der Waals surface area (Å²) in [7, 11) is 0. The van der Waals surface area contributed by atoms with Gasteiger partial charge in [0.15, 0.2) is 6.10 Å². The lowest BCUT2D eigenvalue weighted by Gasteiger charge is -2.43.